The number of phenolic OH excluding ortho intramolecular Hbond substituents is 1. The van der Waals surface area contributed by atoms with Gasteiger partial charge in [-0.05, 0) is 43.5 Å². The summed E-state index contributed by atoms with van der Waals surface area (Å²) in [5.74, 6) is 8.01. The smallest absolute Gasteiger partial charge is 0.206 e. The summed E-state index contributed by atoms with van der Waals surface area (Å²) in [6.45, 7) is 5.00. The number of hydrogen-bond donors (Lipinski definition) is 2. The summed E-state index contributed by atoms with van der Waals surface area (Å²) >= 11 is 0. The standard InChI is InChI=1S/C26H27N9O/c1-19-9-13-34(22-17-21(31-32-26(22)27)20-5-2-3-6-23(20)36)15-16-35(19)25-8-10-29-24(30-25)7-4-12-33-14-11-28-18-33/h2-3,5-6,8,10-11,14,17-19,36H,9,12-13,15-16H2,1H3,(H2,27,32)/t19-/m1/s1. The zero-order valence-corrected chi connectivity index (χ0v) is 20.0. The molecule has 0 saturated carbocycles. The van der Waals surface area contributed by atoms with Gasteiger partial charge < -0.3 is 25.2 Å². The van der Waals surface area contributed by atoms with Gasteiger partial charge in [0.2, 0.25) is 5.82 Å². The van der Waals surface area contributed by atoms with Crippen molar-refractivity contribution >= 4 is 17.3 Å². The number of nitrogens with two attached hydrogens (primary N) is 1. The summed E-state index contributed by atoms with van der Waals surface area (Å²) in [6, 6.07) is 11.2. The van der Waals surface area contributed by atoms with E-state index in [2.05, 4.69) is 48.7 Å². The molecule has 3 N–H and O–H groups in total. The van der Waals surface area contributed by atoms with Gasteiger partial charge in [0.05, 0.1) is 24.3 Å². The van der Waals surface area contributed by atoms with Gasteiger partial charge in [-0.25, -0.2) is 15.0 Å². The van der Waals surface area contributed by atoms with E-state index < -0.39 is 0 Å². The number of aromatic hydroxyl groups is 1. The molecule has 5 rings (SSSR count). The lowest BCUT2D eigenvalue weighted by Crippen LogP contribution is -2.35. The molecule has 0 aliphatic carbocycles. The molecule has 0 amide bonds. The second kappa shape index (κ2) is 10.3. The van der Waals surface area contributed by atoms with E-state index in [4.69, 9.17) is 10.7 Å². The highest BCUT2D eigenvalue weighted by molar-refractivity contribution is 5.74. The number of imidazole rings is 1. The summed E-state index contributed by atoms with van der Waals surface area (Å²) in [4.78, 5) is 17.6. The van der Waals surface area contributed by atoms with Crippen molar-refractivity contribution in [3.05, 3.63) is 67.1 Å². The Balaban J connectivity index is 1.33. The normalized spacial score (nSPS) is 15.8. The maximum Gasteiger partial charge on any atom is 0.206 e. The first-order valence-corrected chi connectivity index (χ1v) is 11.8. The summed E-state index contributed by atoms with van der Waals surface area (Å²) in [7, 11) is 0. The van der Waals surface area contributed by atoms with E-state index in [1.165, 1.54) is 0 Å². The van der Waals surface area contributed by atoms with Crippen LogP contribution in [-0.4, -0.2) is 60.5 Å². The van der Waals surface area contributed by atoms with Gasteiger partial charge in [0, 0.05) is 49.8 Å². The second-order valence-corrected chi connectivity index (χ2v) is 8.61. The number of nitrogen functional groups attached to an aromatic ring is 1. The SMILES string of the molecule is C[C@@H]1CCN(c2cc(-c3ccccc3O)nnc2N)CCN1c1ccnc(C#CCn2ccnc2)n1. The lowest BCUT2D eigenvalue weighted by Gasteiger charge is -2.28. The van der Waals surface area contributed by atoms with Crippen molar-refractivity contribution in [3.63, 3.8) is 0 Å². The molecule has 1 aliphatic rings. The maximum absolute atomic E-state index is 10.3. The number of para-hydroxylation sites is 1. The fraction of sp³-hybridized carbons (Fsp3) is 0.269. The Morgan fingerprint density at radius 3 is 2.83 bits per heavy atom. The van der Waals surface area contributed by atoms with E-state index in [-0.39, 0.29) is 11.8 Å². The van der Waals surface area contributed by atoms with Gasteiger partial charge in [0.1, 0.15) is 11.6 Å². The first-order chi connectivity index (χ1) is 17.6. The van der Waals surface area contributed by atoms with Crippen molar-refractivity contribution in [3.8, 4) is 28.8 Å². The number of hydrogen-bond acceptors (Lipinski definition) is 9. The quantitative estimate of drug-likeness (QED) is 0.424. The molecule has 3 aromatic heterocycles. The molecule has 10 nitrogen and oxygen atoms in total. The van der Waals surface area contributed by atoms with Gasteiger partial charge >= 0.3 is 0 Å². The van der Waals surface area contributed by atoms with Crippen molar-refractivity contribution < 1.29 is 5.11 Å². The maximum atomic E-state index is 10.3. The number of nitrogens with zero attached hydrogens (tertiary/aromatic N) is 8. The molecule has 182 valence electrons. The fourth-order valence-corrected chi connectivity index (χ4v) is 4.27. The molecule has 1 aromatic carbocycles. The molecule has 1 atom stereocenters. The Labute approximate surface area is 209 Å². The lowest BCUT2D eigenvalue weighted by atomic mass is 10.1. The summed E-state index contributed by atoms with van der Waals surface area (Å²) in [6.07, 6.45) is 7.98. The van der Waals surface area contributed by atoms with Crippen molar-refractivity contribution in [2.45, 2.75) is 25.9 Å². The molecular weight excluding hydrogens is 454 g/mol. The highest BCUT2D eigenvalue weighted by atomic mass is 16.3. The van der Waals surface area contributed by atoms with Crippen LogP contribution in [0.25, 0.3) is 11.3 Å². The molecule has 4 aromatic rings. The molecule has 4 heterocycles. The number of aromatic nitrogens is 6. The van der Waals surface area contributed by atoms with Crippen LogP contribution in [0.2, 0.25) is 0 Å². The van der Waals surface area contributed by atoms with Gasteiger partial charge in [-0.3, -0.25) is 0 Å². The minimum atomic E-state index is 0.158. The third kappa shape index (κ3) is 5.05. The first kappa shape index (κ1) is 23.1. The molecule has 1 saturated heterocycles. The molecule has 10 heteroatoms. The fourth-order valence-electron chi connectivity index (χ4n) is 4.27. The largest absolute Gasteiger partial charge is 0.507 e. The summed E-state index contributed by atoms with van der Waals surface area (Å²) in [5, 5.41) is 18.6. The molecule has 1 fully saturated rings. The van der Waals surface area contributed by atoms with E-state index in [0.29, 0.717) is 29.4 Å². The van der Waals surface area contributed by atoms with Crippen LogP contribution in [0.3, 0.4) is 0 Å². The zero-order valence-electron chi connectivity index (χ0n) is 20.0. The van der Waals surface area contributed by atoms with E-state index >= 15 is 0 Å². The topological polar surface area (TPSA) is 122 Å². The molecular formula is C26H27N9O. The third-order valence-electron chi connectivity index (χ3n) is 6.24. The minimum absolute atomic E-state index is 0.158. The zero-order chi connectivity index (χ0) is 24.9. The van der Waals surface area contributed by atoms with Gasteiger partial charge in [0.25, 0.3) is 0 Å². The lowest BCUT2D eigenvalue weighted by molar-refractivity contribution is 0.477. The van der Waals surface area contributed by atoms with Gasteiger partial charge in [-0.1, -0.05) is 18.1 Å². The monoisotopic (exact) mass is 481 g/mol. The molecule has 36 heavy (non-hydrogen) atoms. The van der Waals surface area contributed by atoms with Crippen LogP contribution in [-0.2, 0) is 6.54 Å². The molecule has 0 spiro atoms. The average Bonchev–Trinajstić information content (AvgIpc) is 3.33. The predicted octanol–water partition coefficient (Wildman–Crippen LogP) is 2.57. The Hall–Kier alpha value is -4.65. The number of rotatable bonds is 4. The highest BCUT2D eigenvalue weighted by Gasteiger charge is 2.24. The van der Waals surface area contributed by atoms with Crippen LogP contribution in [0.1, 0.15) is 19.2 Å². The third-order valence-corrected chi connectivity index (χ3v) is 6.24. The Kier molecular flexibility index (Phi) is 6.62. The highest BCUT2D eigenvalue weighted by Crippen LogP contribution is 2.32. The first-order valence-electron chi connectivity index (χ1n) is 11.8. The summed E-state index contributed by atoms with van der Waals surface area (Å²) in [5.41, 5.74) is 8.26. The van der Waals surface area contributed by atoms with Gasteiger partial charge in [-0.15, -0.1) is 10.2 Å². The number of benzene rings is 1. The van der Waals surface area contributed by atoms with Crippen LogP contribution in [0, 0.1) is 11.8 Å². The minimum Gasteiger partial charge on any atom is -0.507 e. The van der Waals surface area contributed by atoms with Crippen LogP contribution in [0.4, 0.5) is 17.3 Å². The van der Waals surface area contributed by atoms with Crippen LogP contribution in [0.5, 0.6) is 5.75 Å². The Morgan fingerprint density at radius 1 is 1.11 bits per heavy atom. The molecule has 0 radical (unpaired) electrons. The van der Waals surface area contributed by atoms with Crippen LogP contribution in [0.15, 0.2) is 61.3 Å². The van der Waals surface area contributed by atoms with Crippen LogP contribution < -0.4 is 15.5 Å². The Morgan fingerprint density at radius 2 is 2.00 bits per heavy atom. The number of phenols is 1. The molecule has 1 aliphatic heterocycles. The van der Waals surface area contributed by atoms with Crippen molar-refractivity contribution in [2.75, 3.05) is 35.2 Å². The van der Waals surface area contributed by atoms with Gasteiger partial charge in [-0.2, -0.15) is 0 Å². The van der Waals surface area contributed by atoms with E-state index in [0.717, 1.165) is 37.6 Å². The Bertz CT molecular complexity index is 1390. The van der Waals surface area contributed by atoms with Crippen molar-refractivity contribution in [1.82, 2.24) is 29.7 Å². The number of anilines is 3. The average molecular weight is 482 g/mol. The predicted molar refractivity (Wildman–Crippen MR) is 138 cm³/mol. The van der Waals surface area contributed by atoms with Crippen molar-refractivity contribution in [1.29, 1.82) is 0 Å². The van der Waals surface area contributed by atoms with E-state index in [1.54, 1.807) is 30.9 Å². The molecule has 0 bridgehead atoms. The summed E-state index contributed by atoms with van der Waals surface area (Å²) < 4.78 is 1.90. The van der Waals surface area contributed by atoms with Crippen molar-refractivity contribution in [2.24, 2.45) is 0 Å². The molecule has 0 unspecified atom stereocenters. The van der Waals surface area contributed by atoms with E-state index in [1.807, 2.05) is 35.0 Å². The van der Waals surface area contributed by atoms with Gasteiger partial charge in [0.15, 0.2) is 5.82 Å². The van der Waals surface area contributed by atoms with Crippen LogP contribution >= 0.6 is 0 Å². The second-order valence-electron chi connectivity index (χ2n) is 8.61. The van der Waals surface area contributed by atoms with E-state index in [9.17, 15) is 5.11 Å².